The molecule has 0 radical (unpaired) electrons. The molecule has 2 aromatic heterocycles. The van der Waals surface area contributed by atoms with Gasteiger partial charge < -0.3 is 14.6 Å². The lowest BCUT2D eigenvalue weighted by molar-refractivity contribution is -0.141. The molecular formula is C17H17F3N4O3. The zero-order valence-corrected chi connectivity index (χ0v) is 14.8. The molecule has 10 heteroatoms. The molecule has 0 unspecified atom stereocenters. The van der Waals surface area contributed by atoms with Crippen LogP contribution in [0.25, 0.3) is 10.9 Å². The van der Waals surface area contributed by atoms with Crippen molar-refractivity contribution in [3.8, 4) is 5.75 Å². The highest BCUT2D eigenvalue weighted by Crippen LogP contribution is 2.30. The van der Waals surface area contributed by atoms with Gasteiger partial charge in [-0.05, 0) is 32.9 Å². The van der Waals surface area contributed by atoms with Crippen molar-refractivity contribution in [2.24, 2.45) is 0 Å². The SMILES string of the molecule is Cc1oncc1C(=O)Nc1nn(CC(F)(F)F)c2cc(OC(C)C)ccc12. The highest BCUT2D eigenvalue weighted by atomic mass is 19.4. The highest BCUT2D eigenvalue weighted by molar-refractivity contribution is 6.08. The zero-order chi connectivity index (χ0) is 19.8. The third-order valence-electron chi connectivity index (χ3n) is 3.65. The van der Waals surface area contributed by atoms with E-state index in [0.717, 1.165) is 4.68 Å². The molecule has 2 heterocycles. The van der Waals surface area contributed by atoms with Gasteiger partial charge >= 0.3 is 6.18 Å². The van der Waals surface area contributed by atoms with Crippen LogP contribution in [-0.2, 0) is 6.54 Å². The number of alkyl halides is 3. The highest BCUT2D eigenvalue weighted by Gasteiger charge is 2.30. The Kier molecular flexibility index (Phi) is 4.81. The number of anilines is 1. The minimum Gasteiger partial charge on any atom is -0.491 e. The molecule has 3 rings (SSSR count). The Bertz CT molecular complexity index is 976. The summed E-state index contributed by atoms with van der Waals surface area (Å²) in [5, 5.41) is 10.3. The molecule has 0 saturated carbocycles. The zero-order valence-electron chi connectivity index (χ0n) is 14.8. The first-order valence-corrected chi connectivity index (χ1v) is 8.10. The molecule has 144 valence electrons. The molecule has 0 spiro atoms. The Balaban J connectivity index is 2.02. The molecule has 1 amide bonds. The van der Waals surface area contributed by atoms with Crippen LogP contribution >= 0.6 is 0 Å². The van der Waals surface area contributed by atoms with E-state index in [-0.39, 0.29) is 23.0 Å². The van der Waals surface area contributed by atoms with Gasteiger partial charge in [0, 0.05) is 11.5 Å². The quantitative estimate of drug-likeness (QED) is 0.723. The average Bonchev–Trinajstić information content (AvgIpc) is 3.10. The van der Waals surface area contributed by atoms with E-state index >= 15 is 0 Å². The van der Waals surface area contributed by atoms with Gasteiger partial charge in [-0.1, -0.05) is 5.16 Å². The molecule has 3 aromatic rings. The number of ether oxygens (including phenoxy) is 1. The van der Waals surface area contributed by atoms with Crippen molar-refractivity contribution in [1.29, 1.82) is 0 Å². The van der Waals surface area contributed by atoms with Crippen molar-refractivity contribution in [3.63, 3.8) is 0 Å². The summed E-state index contributed by atoms with van der Waals surface area (Å²) in [5.41, 5.74) is 0.371. The number of aromatic nitrogens is 3. The maximum atomic E-state index is 12.9. The molecule has 0 bridgehead atoms. The fourth-order valence-electron chi connectivity index (χ4n) is 2.57. The predicted molar refractivity (Wildman–Crippen MR) is 90.7 cm³/mol. The topological polar surface area (TPSA) is 82.2 Å². The van der Waals surface area contributed by atoms with Gasteiger partial charge in [-0.25, -0.2) is 0 Å². The van der Waals surface area contributed by atoms with Crippen molar-refractivity contribution < 1.29 is 27.2 Å². The van der Waals surface area contributed by atoms with Crippen LogP contribution in [-0.4, -0.2) is 33.1 Å². The number of amides is 1. The summed E-state index contributed by atoms with van der Waals surface area (Å²) in [6.07, 6.45) is -3.38. The summed E-state index contributed by atoms with van der Waals surface area (Å²) < 4.78 is 49.9. The average molecular weight is 382 g/mol. The third kappa shape index (κ3) is 4.21. The van der Waals surface area contributed by atoms with Crippen LogP contribution in [0.15, 0.2) is 28.9 Å². The predicted octanol–water partition coefficient (Wildman–Crippen LogP) is 3.93. The normalized spacial score (nSPS) is 12.0. The van der Waals surface area contributed by atoms with Crippen LogP contribution in [0.1, 0.15) is 30.0 Å². The first-order chi connectivity index (χ1) is 12.6. The standard InChI is InChI=1S/C17H17F3N4O3/c1-9(2)26-11-4-5-12-14(6-11)24(8-17(18,19)20)23-15(12)22-16(25)13-7-21-27-10(13)3/h4-7,9H,8H2,1-3H3,(H,22,23,25). The Hall–Kier alpha value is -3.04. The van der Waals surface area contributed by atoms with Crippen LogP contribution in [0.3, 0.4) is 0 Å². The minimum atomic E-state index is -4.47. The monoisotopic (exact) mass is 382 g/mol. The number of hydrogen-bond acceptors (Lipinski definition) is 5. The number of nitrogens with zero attached hydrogens (tertiary/aromatic N) is 3. The molecular weight excluding hydrogens is 365 g/mol. The van der Waals surface area contributed by atoms with Gasteiger partial charge in [0.15, 0.2) is 5.82 Å². The number of halogens is 3. The number of fused-ring (bicyclic) bond motifs is 1. The Morgan fingerprint density at radius 1 is 1.37 bits per heavy atom. The molecule has 1 N–H and O–H groups in total. The molecule has 27 heavy (non-hydrogen) atoms. The van der Waals surface area contributed by atoms with Gasteiger partial charge in [0.2, 0.25) is 0 Å². The van der Waals surface area contributed by atoms with Crippen molar-refractivity contribution in [3.05, 3.63) is 35.7 Å². The molecule has 0 aliphatic heterocycles. The minimum absolute atomic E-state index is 0.0101. The van der Waals surface area contributed by atoms with Crippen LogP contribution in [0.5, 0.6) is 5.75 Å². The summed E-state index contributed by atoms with van der Waals surface area (Å²) in [7, 11) is 0. The summed E-state index contributed by atoms with van der Waals surface area (Å²) in [6.45, 7) is 3.88. The maximum absolute atomic E-state index is 12.9. The van der Waals surface area contributed by atoms with Gasteiger partial charge in [0.25, 0.3) is 5.91 Å². The van der Waals surface area contributed by atoms with Crippen molar-refractivity contribution in [2.45, 2.75) is 39.6 Å². The number of carbonyl (C=O) groups is 1. The van der Waals surface area contributed by atoms with Crippen molar-refractivity contribution >= 4 is 22.6 Å². The summed E-state index contributed by atoms with van der Waals surface area (Å²) >= 11 is 0. The second-order valence-corrected chi connectivity index (χ2v) is 6.22. The molecule has 0 saturated heterocycles. The van der Waals surface area contributed by atoms with Gasteiger partial charge in [-0.15, -0.1) is 0 Å². The molecule has 1 aromatic carbocycles. The van der Waals surface area contributed by atoms with Gasteiger partial charge in [-0.3, -0.25) is 9.48 Å². The molecule has 0 fully saturated rings. The van der Waals surface area contributed by atoms with Crippen LogP contribution in [0.4, 0.5) is 19.0 Å². The number of hydrogen-bond donors (Lipinski definition) is 1. The molecule has 0 atom stereocenters. The molecule has 0 aliphatic carbocycles. The molecule has 0 aliphatic rings. The van der Waals surface area contributed by atoms with E-state index in [9.17, 15) is 18.0 Å². The second-order valence-electron chi connectivity index (χ2n) is 6.22. The Labute approximate surface area is 152 Å². The number of rotatable bonds is 5. The van der Waals surface area contributed by atoms with E-state index in [4.69, 9.17) is 9.26 Å². The van der Waals surface area contributed by atoms with Crippen molar-refractivity contribution in [2.75, 3.05) is 5.32 Å². The Morgan fingerprint density at radius 2 is 2.11 bits per heavy atom. The number of aryl methyl sites for hydroxylation is 1. The fraction of sp³-hybridized carbons (Fsp3) is 0.353. The second kappa shape index (κ2) is 6.93. The lowest BCUT2D eigenvalue weighted by atomic mass is 10.2. The summed E-state index contributed by atoms with van der Waals surface area (Å²) in [6, 6.07) is 4.64. The van der Waals surface area contributed by atoms with Gasteiger partial charge in [-0.2, -0.15) is 18.3 Å². The fourth-order valence-corrected chi connectivity index (χ4v) is 2.57. The van der Waals surface area contributed by atoms with Gasteiger partial charge in [0.1, 0.15) is 23.6 Å². The van der Waals surface area contributed by atoms with E-state index in [1.807, 2.05) is 13.8 Å². The maximum Gasteiger partial charge on any atom is 0.408 e. The van der Waals surface area contributed by atoms with E-state index in [0.29, 0.717) is 16.9 Å². The lowest BCUT2D eigenvalue weighted by Crippen LogP contribution is -2.19. The summed E-state index contributed by atoms with van der Waals surface area (Å²) in [4.78, 5) is 12.3. The number of nitrogens with one attached hydrogen (secondary N) is 1. The smallest absolute Gasteiger partial charge is 0.408 e. The van der Waals surface area contributed by atoms with E-state index in [1.165, 1.54) is 12.3 Å². The number of benzene rings is 1. The number of carbonyl (C=O) groups excluding carboxylic acids is 1. The first kappa shape index (κ1) is 18.7. The van der Waals surface area contributed by atoms with Crippen molar-refractivity contribution in [1.82, 2.24) is 14.9 Å². The Morgan fingerprint density at radius 3 is 2.70 bits per heavy atom. The van der Waals surface area contributed by atoms with Crippen LogP contribution in [0.2, 0.25) is 0 Å². The lowest BCUT2D eigenvalue weighted by Gasteiger charge is -2.11. The van der Waals surface area contributed by atoms with E-state index in [2.05, 4.69) is 15.6 Å². The van der Waals surface area contributed by atoms with Crippen LogP contribution < -0.4 is 10.1 Å². The largest absolute Gasteiger partial charge is 0.491 e. The van der Waals surface area contributed by atoms with E-state index < -0.39 is 18.6 Å². The first-order valence-electron chi connectivity index (χ1n) is 8.10. The van der Waals surface area contributed by atoms with E-state index in [1.54, 1.807) is 19.1 Å². The van der Waals surface area contributed by atoms with Crippen LogP contribution in [0, 0.1) is 6.92 Å². The third-order valence-corrected chi connectivity index (χ3v) is 3.65. The van der Waals surface area contributed by atoms with Gasteiger partial charge in [0.05, 0.1) is 17.8 Å². The summed E-state index contributed by atoms with van der Waals surface area (Å²) in [5.74, 6) is 0.137. The molecule has 7 nitrogen and oxygen atoms in total.